The third kappa shape index (κ3) is 2.38. The van der Waals surface area contributed by atoms with Gasteiger partial charge in [-0.15, -0.1) is 0 Å². The summed E-state index contributed by atoms with van der Waals surface area (Å²) in [4.78, 5) is 8.33. The summed E-state index contributed by atoms with van der Waals surface area (Å²) in [6.07, 6.45) is 3.20. The Morgan fingerprint density at radius 2 is 2.06 bits per heavy atom. The van der Waals surface area contributed by atoms with Crippen LogP contribution in [0.25, 0.3) is 11.3 Å². The lowest BCUT2D eigenvalue weighted by molar-refractivity contribution is 0.398. The fourth-order valence-corrected chi connectivity index (χ4v) is 1.79. The second-order valence-electron chi connectivity index (χ2n) is 3.42. The van der Waals surface area contributed by atoms with E-state index in [9.17, 15) is 0 Å². The quantitative estimate of drug-likeness (QED) is 0.907. The molecule has 0 spiro atoms. The van der Waals surface area contributed by atoms with Crippen molar-refractivity contribution in [3.63, 3.8) is 0 Å². The van der Waals surface area contributed by atoms with E-state index in [0.29, 0.717) is 23.1 Å². The molecule has 0 saturated carbocycles. The predicted molar refractivity (Wildman–Crippen MR) is 66.9 cm³/mol. The summed E-state index contributed by atoms with van der Waals surface area (Å²) in [5.74, 6) is 0.476. The van der Waals surface area contributed by atoms with Gasteiger partial charge in [-0.05, 0) is 11.6 Å². The third-order valence-electron chi connectivity index (χ3n) is 2.40. The molecule has 0 saturated heterocycles. The minimum Gasteiger partial charge on any atom is -0.479 e. The number of rotatable bonds is 3. The number of hydrogen-bond donors (Lipinski definition) is 1. The van der Waals surface area contributed by atoms with Crippen molar-refractivity contribution in [3.8, 4) is 17.1 Å². The van der Waals surface area contributed by atoms with E-state index in [-0.39, 0.29) is 0 Å². The maximum absolute atomic E-state index is 6.11. The monoisotopic (exact) mass is 249 g/mol. The highest BCUT2D eigenvalue weighted by Gasteiger charge is 2.09. The van der Waals surface area contributed by atoms with E-state index in [2.05, 4.69) is 9.97 Å². The number of benzene rings is 1. The maximum Gasteiger partial charge on any atom is 0.240 e. The SMILES string of the molecule is COc1nccnc1-c1ccc(CN)c(Cl)c1. The highest BCUT2D eigenvalue weighted by molar-refractivity contribution is 6.31. The topological polar surface area (TPSA) is 61.0 Å². The Bertz CT molecular complexity index is 531. The molecule has 0 aliphatic heterocycles. The molecule has 0 radical (unpaired) electrons. The fourth-order valence-electron chi connectivity index (χ4n) is 1.53. The molecular weight excluding hydrogens is 238 g/mol. The first-order valence-electron chi connectivity index (χ1n) is 5.10. The van der Waals surface area contributed by atoms with Crippen LogP contribution in [0.15, 0.2) is 30.6 Å². The van der Waals surface area contributed by atoms with Crippen LogP contribution in [0, 0.1) is 0 Å². The zero-order valence-corrected chi connectivity index (χ0v) is 10.1. The summed E-state index contributed by atoms with van der Waals surface area (Å²) >= 11 is 6.11. The van der Waals surface area contributed by atoms with Crippen LogP contribution in [-0.4, -0.2) is 17.1 Å². The van der Waals surface area contributed by atoms with Crippen LogP contribution >= 0.6 is 11.6 Å². The average Bonchev–Trinajstić information content (AvgIpc) is 2.38. The van der Waals surface area contributed by atoms with Crippen molar-refractivity contribution in [3.05, 3.63) is 41.2 Å². The summed E-state index contributed by atoms with van der Waals surface area (Å²) in [7, 11) is 1.56. The lowest BCUT2D eigenvalue weighted by Gasteiger charge is -2.07. The first-order valence-corrected chi connectivity index (χ1v) is 5.48. The molecule has 0 aliphatic rings. The van der Waals surface area contributed by atoms with Gasteiger partial charge in [0.2, 0.25) is 5.88 Å². The third-order valence-corrected chi connectivity index (χ3v) is 2.76. The molecule has 1 aromatic heterocycles. The Hall–Kier alpha value is -1.65. The van der Waals surface area contributed by atoms with Gasteiger partial charge < -0.3 is 10.5 Å². The van der Waals surface area contributed by atoms with E-state index in [1.165, 1.54) is 0 Å². The van der Waals surface area contributed by atoms with E-state index in [1.54, 1.807) is 19.5 Å². The number of aromatic nitrogens is 2. The van der Waals surface area contributed by atoms with Crippen molar-refractivity contribution < 1.29 is 4.74 Å². The van der Waals surface area contributed by atoms with Crippen molar-refractivity contribution in [1.82, 2.24) is 9.97 Å². The molecule has 0 aliphatic carbocycles. The van der Waals surface area contributed by atoms with Gasteiger partial charge in [-0.25, -0.2) is 9.97 Å². The van der Waals surface area contributed by atoms with E-state index in [0.717, 1.165) is 11.1 Å². The zero-order chi connectivity index (χ0) is 12.3. The molecular formula is C12H12ClN3O. The number of methoxy groups -OCH3 is 1. The Labute approximate surface area is 104 Å². The van der Waals surface area contributed by atoms with Gasteiger partial charge in [0, 0.05) is 29.5 Å². The Morgan fingerprint density at radius 1 is 1.29 bits per heavy atom. The Kier molecular flexibility index (Phi) is 3.56. The lowest BCUT2D eigenvalue weighted by Crippen LogP contribution is -1.98. The molecule has 1 heterocycles. The molecule has 4 nitrogen and oxygen atoms in total. The second kappa shape index (κ2) is 5.12. The van der Waals surface area contributed by atoms with Crippen LogP contribution in [-0.2, 0) is 6.54 Å². The molecule has 0 amide bonds. The van der Waals surface area contributed by atoms with Gasteiger partial charge in [-0.3, -0.25) is 0 Å². The van der Waals surface area contributed by atoms with Crippen molar-refractivity contribution in [1.29, 1.82) is 0 Å². The first-order chi connectivity index (χ1) is 8.26. The minimum absolute atomic E-state index is 0.413. The molecule has 0 fully saturated rings. The van der Waals surface area contributed by atoms with E-state index in [4.69, 9.17) is 22.1 Å². The van der Waals surface area contributed by atoms with Crippen molar-refractivity contribution in [2.24, 2.45) is 5.73 Å². The van der Waals surface area contributed by atoms with Gasteiger partial charge in [0.05, 0.1) is 7.11 Å². The molecule has 88 valence electrons. The van der Waals surface area contributed by atoms with E-state index >= 15 is 0 Å². The lowest BCUT2D eigenvalue weighted by atomic mass is 10.1. The second-order valence-corrected chi connectivity index (χ2v) is 3.83. The summed E-state index contributed by atoms with van der Waals surface area (Å²) in [6, 6.07) is 5.60. The van der Waals surface area contributed by atoms with Crippen LogP contribution < -0.4 is 10.5 Å². The predicted octanol–water partition coefficient (Wildman–Crippen LogP) is 2.26. The van der Waals surface area contributed by atoms with Crippen LogP contribution in [0.1, 0.15) is 5.56 Å². The van der Waals surface area contributed by atoms with Gasteiger partial charge in [0.25, 0.3) is 0 Å². The normalized spacial score (nSPS) is 10.3. The molecule has 0 atom stereocenters. The average molecular weight is 250 g/mol. The van der Waals surface area contributed by atoms with E-state index in [1.807, 2.05) is 18.2 Å². The molecule has 2 rings (SSSR count). The zero-order valence-electron chi connectivity index (χ0n) is 9.35. The highest BCUT2D eigenvalue weighted by Crippen LogP contribution is 2.28. The molecule has 0 unspecified atom stereocenters. The molecule has 17 heavy (non-hydrogen) atoms. The smallest absolute Gasteiger partial charge is 0.240 e. The van der Waals surface area contributed by atoms with Gasteiger partial charge >= 0.3 is 0 Å². The maximum atomic E-state index is 6.11. The Balaban J connectivity index is 2.49. The molecule has 1 aromatic carbocycles. The van der Waals surface area contributed by atoms with Gasteiger partial charge in [0.1, 0.15) is 5.69 Å². The van der Waals surface area contributed by atoms with Gasteiger partial charge in [-0.1, -0.05) is 23.7 Å². The van der Waals surface area contributed by atoms with Crippen LogP contribution in [0.4, 0.5) is 0 Å². The van der Waals surface area contributed by atoms with Crippen molar-refractivity contribution in [2.45, 2.75) is 6.54 Å². The summed E-state index contributed by atoms with van der Waals surface area (Å²) in [5, 5.41) is 0.623. The number of nitrogens with zero attached hydrogens (tertiary/aromatic N) is 2. The molecule has 2 N–H and O–H groups in total. The number of halogens is 1. The van der Waals surface area contributed by atoms with Crippen LogP contribution in [0.2, 0.25) is 5.02 Å². The summed E-state index contributed by atoms with van der Waals surface area (Å²) in [6.45, 7) is 0.413. The first kappa shape index (κ1) is 11.8. The van der Waals surface area contributed by atoms with E-state index < -0.39 is 0 Å². The van der Waals surface area contributed by atoms with Crippen molar-refractivity contribution in [2.75, 3.05) is 7.11 Å². The largest absolute Gasteiger partial charge is 0.479 e. The summed E-state index contributed by atoms with van der Waals surface area (Å²) < 4.78 is 5.15. The number of hydrogen-bond acceptors (Lipinski definition) is 4. The number of nitrogens with two attached hydrogens (primary N) is 1. The van der Waals surface area contributed by atoms with Crippen molar-refractivity contribution >= 4 is 11.6 Å². The standard InChI is InChI=1S/C12H12ClN3O/c1-17-12-11(15-4-5-16-12)8-2-3-9(7-14)10(13)6-8/h2-6H,7,14H2,1H3. The summed E-state index contributed by atoms with van der Waals surface area (Å²) in [5.41, 5.74) is 7.99. The fraction of sp³-hybridized carbons (Fsp3) is 0.167. The molecule has 0 bridgehead atoms. The Morgan fingerprint density at radius 3 is 2.71 bits per heavy atom. The molecule has 2 aromatic rings. The van der Waals surface area contributed by atoms with Gasteiger partial charge in [-0.2, -0.15) is 0 Å². The van der Waals surface area contributed by atoms with Gasteiger partial charge in [0.15, 0.2) is 0 Å². The highest BCUT2D eigenvalue weighted by atomic mass is 35.5. The molecule has 5 heteroatoms. The van der Waals surface area contributed by atoms with Crippen LogP contribution in [0.3, 0.4) is 0 Å². The van der Waals surface area contributed by atoms with Crippen LogP contribution in [0.5, 0.6) is 5.88 Å². The number of ether oxygens (including phenoxy) is 1. The minimum atomic E-state index is 0.413.